The molecule has 1 aromatic heterocycles. The Bertz CT molecular complexity index is 986. The highest BCUT2D eigenvalue weighted by atomic mass is 32.2. The van der Waals surface area contributed by atoms with Gasteiger partial charge in [0.15, 0.2) is 5.84 Å². The van der Waals surface area contributed by atoms with Crippen LogP contribution < -0.4 is 0 Å². The predicted molar refractivity (Wildman–Crippen MR) is 104 cm³/mol. The van der Waals surface area contributed by atoms with Crippen molar-refractivity contribution in [1.29, 1.82) is 5.41 Å². The Morgan fingerprint density at radius 2 is 1.96 bits per heavy atom. The first-order valence-corrected chi connectivity index (χ1v) is 9.00. The first kappa shape index (κ1) is 16.5. The number of fused-ring (bicyclic) bond motifs is 1. The lowest BCUT2D eigenvalue weighted by Gasteiger charge is -2.19. The van der Waals surface area contributed by atoms with Gasteiger partial charge in [-0.2, -0.15) is 15.1 Å². The molecule has 26 heavy (non-hydrogen) atoms. The van der Waals surface area contributed by atoms with E-state index >= 15 is 0 Å². The number of aliphatic imine (C=N–C) groups is 1. The Morgan fingerprint density at radius 1 is 1.19 bits per heavy atom. The molecule has 0 atom stereocenters. The normalized spacial score (nSPS) is 18.4. The molecule has 1 N–H and O–H groups in total. The lowest BCUT2D eigenvalue weighted by Crippen LogP contribution is -2.35. The van der Waals surface area contributed by atoms with E-state index < -0.39 is 5.91 Å². The Labute approximate surface area is 154 Å². The molecular formula is C19H16N4O2S. The van der Waals surface area contributed by atoms with Crippen LogP contribution in [0.4, 0.5) is 0 Å². The number of benzene rings is 1. The standard InChI is InChI=1S/C19H16N4O2S/c1-11(2)18-22-23-16(20)14(17(24)21-19(23)26-18)10-13-8-9-15(25-13)12-6-4-3-5-7-12/h3-11,20H,1-2H3. The molecule has 2 aliphatic rings. The largest absolute Gasteiger partial charge is 0.457 e. The fourth-order valence-corrected chi connectivity index (χ4v) is 3.46. The van der Waals surface area contributed by atoms with Gasteiger partial charge >= 0.3 is 0 Å². The van der Waals surface area contributed by atoms with Gasteiger partial charge in [0.25, 0.3) is 5.91 Å². The molecule has 3 heterocycles. The third kappa shape index (κ3) is 2.90. The van der Waals surface area contributed by atoms with Gasteiger partial charge in [0.2, 0.25) is 5.17 Å². The van der Waals surface area contributed by atoms with E-state index in [0.29, 0.717) is 16.7 Å². The summed E-state index contributed by atoms with van der Waals surface area (Å²) in [6, 6.07) is 13.3. The Balaban J connectivity index is 1.65. The van der Waals surface area contributed by atoms with Crippen molar-refractivity contribution in [3.8, 4) is 11.3 Å². The molecule has 0 saturated heterocycles. The number of nitrogens with zero attached hydrogens (tertiary/aromatic N) is 3. The molecule has 0 saturated carbocycles. The average molecular weight is 364 g/mol. The predicted octanol–water partition coefficient (Wildman–Crippen LogP) is 4.22. The molecule has 7 heteroatoms. The molecule has 0 bridgehead atoms. The van der Waals surface area contributed by atoms with E-state index in [2.05, 4.69) is 10.1 Å². The lowest BCUT2D eigenvalue weighted by atomic mass is 10.1. The summed E-state index contributed by atoms with van der Waals surface area (Å²) in [4.78, 5) is 16.4. The van der Waals surface area contributed by atoms with E-state index in [1.54, 1.807) is 12.1 Å². The Hall–Kier alpha value is -2.93. The third-order valence-corrected chi connectivity index (χ3v) is 5.14. The number of amidine groups is 2. The molecule has 1 aromatic carbocycles. The van der Waals surface area contributed by atoms with Crippen LogP contribution in [-0.4, -0.2) is 27.0 Å². The summed E-state index contributed by atoms with van der Waals surface area (Å²) in [6.07, 6.45) is 1.55. The van der Waals surface area contributed by atoms with Crippen molar-refractivity contribution in [3.05, 3.63) is 53.8 Å². The zero-order valence-electron chi connectivity index (χ0n) is 14.3. The van der Waals surface area contributed by atoms with Gasteiger partial charge in [0.05, 0.1) is 5.57 Å². The summed E-state index contributed by atoms with van der Waals surface area (Å²) < 4.78 is 5.81. The van der Waals surface area contributed by atoms with Crippen LogP contribution in [0.3, 0.4) is 0 Å². The number of hydrogen-bond donors (Lipinski definition) is 1. The van der Waals surface area contributed by atoms with Gasteiger partial charge in [-0.1, -0.05) is 44.2 Å². The minimum Gasteiger partial charge on any atom is -0.457 e. The van der Waals surface area contributed by atoms with Gasteiger partial charge < -0.3 is 4.42 Å². The fourth-order valence-electron chi connectivity index (χ4n) is 2.57. The van der Waals surface area contributed by atoms with E-state index in [9.17, 15) is 4.79 Å². The van der Waals surface area contributed by atoms with Crippen LogP contribution in [0.2, 0.25) is 0 Å². The minimum atomic E-state index is -0.452. The molecule has 0 unspecified atom stereocenters. The number of rotatable bonds is 3. The molecule has 2 aliphatic heterocycles. The molecular weight excluding hydrogens is 348 g/mol. The number of hydrazone groups is 1. The van der Waals surface area contributed by atoms with Crippen molar-refractivity contribution in [1.82, 2.24) is 5.01 Å². The van der Waals surface area contributed by atoms with Crippen molar-refractivity contribution in [3.63, 3.8) is 0 Å². The summed E-state index contributed by atoms with van der Waals surface area (Å²) in [5, 5.41) is 15.4. The maximum Gasteiger partial charge on any atom is 0.283 e. The smallest absolute Gasteiger partial charge is 0.283 e. The highest BCUT2D eigenvalue weighted by Crippen LogP contribution is 2.31. The summed E-state index contributed by atoms with van der Waals surface area (Å²) in [5.41, 5.74) is 1.11. The molecule has 6 nitrogen and oxygen atoms in total. The van der Waals surface area contributed by atoms with Crippen molar-refractivity contribution >= 4 is 39.8 Å². The van der Waals surface area contributed by atoms with E-state index in [-0.39, 0.29) is 17.3 Å². The number of carbonyl (C=O) groups excluding carboxylic acids is 1. The highest BCUT2D eigenvalue weighted by molar-refractivity contribution is 8.27. The van der Waals surface area contributed by atoms with Crippen LogP contribution in [0.1, 0.15) is 19.6 Å². The van der Waals surface area contributed by atoms with Crippen molar-refractivity contribution in [2.75, 3.05) is 0 Å². The number of thioether (sulfide) groups is 1. The van der Waals surface area contributed by atoms with Crippen LogP contribution >= 0.6 is 11.8 Å². The highest BCUT2D eigenvalue weighted by Gasteiger charge is 2.36. The maximum absolute atomic E-state index is 12.4. The van der Waals surface area contributed by atoms with Gasteiger partial charge in [0.1, 0.15) is 16.6 Å². The molecule has 0 fully saturated rings. The van der Waals surface area contributed by atoms with E-state index in [4.69, 9.17) is 9.83 Å². The maximum atomic E-state index is 12.4. The summed E-state index contributed by atoms with van der Waals surface area (Å²) in [7, 11) is 0. The second kappa shape index (κ2) is 6.42. The lowest BCUT2D eigenvalue weighted by molar-refractivity contribution is -0.114. The molecule has 4 rings (SSSR count). The Morgan fingerprint density at radius 3 is 2.69 bits per heavy atom. The van der Waals surface area contributed by atoms with Gasteiger partial charge in [-0.3, -0.25) is 10.2 Å². The average Bonchev–Trinajstić information content (AvgIpc) is 3.26. The molecule has 0 aliphatic carbocycles. The second-order valence-electron chi connectivity index (χ2n) is 6.18. The number of hydrogen-bond acceptors (Lipinski definition) is 5. The van der Waals surface area contributed by atoms with E-state index in [0.717, 1.165) is 10.6 Å². The first-order chi connectivity index (χ1) is 12.5. The second-order valence-corrected chi connectivity index (χ2v) is 7.17. The molecule has 130 valence electrons. The molecule has 2 aromatic rings. The third-order valence-electron chi connectivity index (χ3n) is 3.94. The number of amides is 1. The van der Waals surface area contributed by atoms with E-state index in [1.165, 1.54) is 16.8 Å². The molecule has 0 radical (unpaired) electrons. The number of carbonyl (C=O) groups is 1. The minimum absolute atomic E-state index is 0.0146. The van der Waals surface area contributed by atoms with Gasteiger partial charge in [-0.05, 0) is 30.0 Å². The van der Waals surface area contributed by atoms with Gasteiger partial charge in [0, 0.05) is 11.5 Å². The zero-order valence-corrected chi connectivity index (χ0v) is 15.1. The summed E-state index contributed by atoms with van der Waals surface area (Å²) >= 11 is 1.33. The van der Waals surface area contributed by atoms with Crippen LogP contribution in [0.15, 0.2) is 62.5 Å². The monoisotopic (exact) mass is 364 g/mol. The van der Waals surface area contributed by atoms with Crippen LogP contribution in [0.25, 0.3) is 17.4 Å². The zero-order chi connectivity index (χ0) is 18.3. The summed E-state index contributed by atoms with van der Waals surface area (Å²) in [6.45, 7) is 4.03. The number of furan rings is 1. The van der Waals surface area contributed by atoms with Crippen molar-refractivity contribution in [2.24, 2.45) is 16.0 Å². The van der Waals surface area contributed by atoms with Crippen LogP contribution in [0.5, 0.6) is 0 Å². The van der Waals surface area contributed by atoms with Gasteiger partial charge in [-0.15, -0.1) is 0 Å². The van der Waals surface area contributed by atoms with Crippen molar-refractivity contribution < 1.29 is 9.21 Å². The van der Waals surface area contributed by atoms with E-state index in [1.807, 2.05) is 50.2 Å². The van der Waals surface area contributed by atoms with Gasteiger partial charge in [-0.25, -0.2) is 0 Å². The van der Waals surface area contributed by atoms with Crippen LogP contribution in [0, 0.1) is 11.3 Å². The fraction of sp³-hybridized carbons (Fsp3) is 0.158. The van der Waals surface area contributed by atoms with Crippen LogP contribution in [-0.2, 0) is 4.79 Å². The number of nitrogens with one attached hydrogen (secondary N) is 1. The molecule has 1 amide bonds. The first-order valence-electron chi connectivity index (χ1n) is 8.18. The van der Waals surface area contributed by atoms with Crippen molar-refractivity contribution in [2.45, 2.75) is 13.8 Å². The topological polar surface area (TPSA) is 82.0 Å². The SMILES string of the molecule is CC(C)C1=NN2C(=N)C(=Cc3ccc(-c4ccccc4)o3)C(=O)N=C2S1. The molecule has 0 spiro atoms. The quantitative estimate of drug-likeness (QED) is 0.827. The Kier molecular flexibility index (Phi) is 4.08. The summed E-state index contributed by atoms with van der Waals surface area (Å²) in [5.74, 6) is 0.971.